The Kier molecular flexibility index (Phi) is 1.42. The number of pyridine rings is 1. The van der Waals surface area contributed by atoms with Gasteiger partial charge in [0, 0.05) is 0 Å². The van der Waals surface area contributed by atoms with Gasteiger partial charge in [-0.25, -0.2) is 9.37 Å². The molecule has 0 spiro atoms. The van der Waals surface area contributed by atoms with Crippen molar-refractivity contribution in [2.75, 3.05) is 0 Å². The van der Waals surface area contributed by atoms with Crippen LogP contribution in [0.2, 0.25) is 0 Å². The number of nitrogens with zero attached hydrogens (tertiary/aromatic N) is 2. The summed E-state index contributed by atoms with van der Waals surface area (Å²) in [7, 11) is 0. The number of fused-ring (bicyclic) bond motifs is 1. The highest BCUT2D eigenvalue weighted by Gasteiger charge is 2.01. The predicted molar refractivity (Wildman–Crippen MR) is 42.9 cm³/mol. The lowest BCUT2D eigenvalue weighted by atomic mass is 10.4. The van der Waals surface area contributed by atoms with Crippen LogP contribution in [0.3, 0.4) is 0 Å². The van der Waals surface area contributed by atoms with E-state index in [1.54, 1.807) is 16.8 Å². The summed E-state index contributed by atoms with van der Waals surface area (Å²) in [6.07, 6.45) is 3.04. The van der Waals surface area contributed by atoms with Crippen molar-refractivity contribution in [3.05, 3.63) is 35.1 Å². The van der Waals surface area contributed by atoms with E-state index in [1.165, 1.54) is 12.3 Å². The highest BCUT2D eigenvalue weighted by atomic mass is 79.9. The maximum absolute atomic E-state index is 12.9. The molecule has 0 amide bonds. The van der Waals surface area contributed by atoms with Gasteiger partial charge in [-0.1, -0.05) is 0 Å². The summed E-state index contributed by atoms with van der Waals surface area (Å²) in [4.78, 5) is 3.82. The van der Waals surface area contributed by atoms with Crippen LogP contribution in [0, 0.1) is 5.82 Å². The second-order valence-corrected chi connectivity index (χ2v) is 2.97. The fourth-order valence-corrected chi connectivity index (χ4v) is 1.36. The minimum absolute atomic E-state index is 0.259. The molecule has 0 atom stereocenters. The molecule has 2 heterocycles. The van der Waals surface area contributed by atoms with Crippen molar-refractivity contribution in [3.63, 3.8) is 0 Å². The molecule has 0 radical (unpaired) electrons. The number of imidazole rings is 1. The molecule has 4 heteroatoms. The fourth-order valence-electron chi connectivity index (χ4n) is 0.950. The van der Waals surface area contributed by atoms with E-state index in [9.17, 15) is 4.39 Å². The summed E-state index contributed by atoms with van der Waals surface area (Å²) in [5.74, 6) is -0.259. The van der Waals surface area contributed by atoms with Crippen LogP contribution >= 0.6 is 15.9 Å². The van der Waals surface area contributed by atoms with Crippen LogP contribution in [0.5, 0.6) is 0 Å². The van der Waals surface area contributed by atoms with Crippen LogP contribution in [-0.2, 0) is 0 Å². The zero-order chi connectivity index (χ0) is 7.84. The molecule has 0 N–H and O–H groups in total. The van der Waals surface area contributed by atoms with E-state index < -0.39 is 0 Å². The van der Waals surface area contributed by atoms with Crippen LogP contribution in [0.25, 0.3) is 5.52 Å². The average molecular weight is 215 g/mol. The molecule has 2 aromatic rings. The molecular weight excluding hydrogens is 211 g/mol. The fraction of sp³-hybridized carbons (Fsp3) is 0. The molecule has 0 fully saturated rings. The van der Waals surface area contributed by atoms with Crippen LogP contribution in [0.15, 0.2) is 29.3 Å². The van der Waals surface area contributed by atoms with Crippen molar-refractivity contribution in [1.82, 2.24) is 9.38 Å². The van der Waals surface area contributed by atoms with Crippen LogP contribution in [0.4, 0.5) is 4.39 Å². The molecule has 2 aromatic heterocycles. The Balaban J connectivity index is 2.96. The van der Waals surface area contributed by atoms with Gasteiger partial charge in [-0.3, -0.25) is 4.40 Å². The standard InChI is InChI=1S/C7H4BrFN2/c8-7-2-1-5(9)6-3-10-4-11(6)7/h1-4H. The topological polar surface area (TPSA) is 17.3 Å². The normalized spacial score (nSPS) is 10.7. The Morgan fingerprint density at radius 1 is 1.45 bits per heavy atom. The largest absolute Gasteiger partial charge is 0.290 e. The first-order chi connectivity index (χ1) is 5.29. The van der Waals surface area contributed by atoms with Gasteiger partial charge in [-0.2, -0.15) is 0 Å². The Hall–Kier alpha value is -0.900. The second kappa shape index (κ2) is 2.30. The van der Waals surface area contributed by atoms with Crippen molar-refractivity contribution in [2.24, 2.45) is 0 Å². The molecule has 0 saturated heterocycles. The Bertz CT molecular complexity index is 360. The molecule has 0 aromatic carbocycles. The lowest BCUT2D eigenvalue weighted by molar-refractivity contribution is 0.632. The molecule has 2 nitrogen and oxygen atoms in total. The lowest BCUT2D eigenvalue weighted by Crippen LogP contribution is -1.86. The van der Waals surface area contributed by atoms with Gasteiger partial charge in [0.25, 0.3) is 0 Å². The third-order valence-electron chi connectivity index (χ3n) is 1.48. The maximum atomic E-state index is 12.9. The van der Waals surface area contributed by atoms with Gasteiger partial charge >= 0.3 is 0 Å². The summed E-state index contributed by atoms with van der Waals surface area (Å²) in [6.45, 7) is 0. The molecule has 0 bridgehead atoms. The van der Waals surface area contributed by atoms with E-state index in [4.69, 9.17) is 0 Å². The van der Waals surface area contributed by atoms with Crippen LogP contribution < -0.4 is 0 Å². The minimum atomic E-state index is -0.259. The zero-order valence-electron chi connectivity index (χ0n) is 5.46. The molecule has 0 aliphatic carbocycles. The second-order valence-electron chi connectivity index (χ2n) is 2.15. The van der Waals surface area contributed by atoms with E-state index in [0.29, 0.717) is 5.52 Å². The van der Waals surface area contributed by atoms with Gasteiger partial charge in [-0.05, 0) is 28.1 Å². The van der Waals surface area contributed by atoms with Crippen molar-refractivity contribution in [1.29, 1.82) is 0 Å². The molecule has 2 rings (SSSR count). The van der Waals surface area contributed by atoms with Gasteiger partial charge in [-0.15, -0.1) is 0 Å². The number of hydrogen-bond donors (Lipinski definition) is 0. The Morgan fingerprint density at radius 3 is 3.00 bits per heavy atom. The van der Waals surface area contributed by atoms with E-state index in [2.05, 4.69) is 20.9 Å². The first-order valence-corrected chi connectivity index (χ1v) is 3.84. The predicted octanol–water partition coefficient (Wildman–Crippen LogP) is 2.24. The molecular formula is C7H4BrFN2. The van der Waals surface area contributed by atoms with Gasteiger partial charge in [0.05, 0.1) is 10.8 Å². The Labute approximate surface area is 70.8 Å². The molecule has 0 aliphatic heterocycles. The van der Waals surface area contributed by atoms with Crippen molar-refractivity contribution < 1.29 is 4.39 Å². The van der Waals surface area contributed by atoms with E-state index >= 15 is 0 Å². The van der Waals surface area contributed by atoms with Gasteiger partial charge < -0.3 is 0 Å². The van der Waals surface area contributed by atoms with E-state index in [-0.39, 0.29) is 5.82 Å². The molecule has 0 unspecified atom stereocenters. The van der Waals surface area contributed by atoms with E-state index in [0.717, 1.165) is 4.60 Å². The quantitative estimate of drug-likeness (QED) is 0.616. The van der Waals surface area contributed by atoms with Gasteiger partial charge in [0.2, 0.25) is 0 Å². The third kappa shape index (κ3) is 0.939. The summed E-state index contributed by atoms with van der Waals surface area (Å²) in [5, 5.41) is 0. The Morgan fingerprint density at radius 2 is 2.27 bits per heavy atom. The average Bonchev–Trinajstić information content (AvgIpc) is 2.45. The summed E-state index contributed by atoms with van der Waals surface area (Å²) in [6, 6.07) is 3.05. The molecule has 56 valence electrons. The SMILES string of the molecule is Fc1ccc(Br)n2cncc12. The highest BCUT2D eigenvalue weighted by molar-refractivity contribution is 9.10. The van der Waals surface area contributed by atoms with Crippen molar-refractivity contribution in [3.8, 4) is 0 Å². The number of hydrogen-bond acceptors (Lipinski definition) is 1. The van der Waals surface area contributed by atoms with Crippen LogP contribution in [0.1, 0.15) is 0 Å². The van der Waals surface area contributed by atoms with Gasteiger partial charge in [0.1, 0.15) is 17.7 Å². The van der Waals surface area contributed by atoms with Crippen molar-refractivity contribution >= 4 is 21.4 Å². The number of aromatic nitrogens is 2. The van der Waals surface area contributed by atoms with E-state index in [1.807, 2.05) is 0 Å². The third-order valence-corrected chi connectivity index (χ3v) is 2.13. The molecule has 0 saturated carbocycles. The number of halogens is 2. The summed E-state index contributed by atoms with van der Waals surface area (Å²) >= 11 is 3.27. The zero-order valence-corrected chi connectivity index (χ0v) is 7.05. The smallest absolute Gasteiger partial charge is 0.148 e. The minimum Gasteiger partial charge on any atom is -0.290 e. The molecule has 11 heavy (non-hydrogen) atoms. The summed E-state index contributed by atoms with van der Waals surface area (Å²) in [5.41, 5.74) is 0.486. The summed E-state index contributed by atoms with van der Waals surface area (Å²) < 4.78 is 15.3. The lowest BCUT2D eigenvalue weighted by Gasteiger charge is -1.96. The van der Waals surface area contributed by atoms with Gasteiger partial charge in [0.15, 0.2) is 0 Å². The molecule has 0 aliphatic rings. The highest BCUT2D eigenvalue weighted by Crippen LogP contribution is 2.15. The van der Waals surface area contributed by atoms with Crippen LogP contribution in [-0.4, -0.2) is 9.38 Å². The van der Waals surface area contributed by atoms with Crippen molar-refractivity contribution in [2.45, 2.75) is 0 Å². The first-order valence-electron chi connectivity index (χ1n) is 3.05. The first kappa shape index (κ1) is 6.79. The monoisotopic (exact) mass is 214 g/mol. The number of rotatable bonds is 0. The maximum Gasteiger partial charge on any atom is 0.148 e.